The monoisotopic (exact) mass is 753 g/mol. The van der Waals surface area contributed by atoms with Crippen molar-refractivity contribution >= 4 is 0 Å². The zero-order valence-corrected chi connectivity index (χ0v) is 36.6. The molecule has 0 atom stereocenters. The summed E-state index contributed by atoms with van der Waals surface area (Å²) in [6.45, 7) is 3.44. The second-order valence-corrected chi connectivity index (χ2v) is 17.7. The van der Waals surface area contributed by atoms with E-state index >= 15 is 0 Å². The summed E-state index contributed by atoms with van der Waals surface area (Å²) in [5.41, 5.74) is -2.44. The van der Waals surface area contributed by atoms with Crippen molar-refractivity contribution in [2.75, 3.05) is 19.8 Å². The summed E-state index contributed by atoms with van der Waals surface area (Å²) in [6.07, 6.45) is 54.8. The van der Waals surface area contributed by atoms with Crippen LogP contribution in [0.4, 0.5) is 0 Å². The molecule has 0 aromatic rings. The summed E-state index contributed by atoms with van der Waals surface area (Å²) in [6, 6.07) is 0. The molecule has 0 amide bonds. The van der Waals surface area contributed by atoms with Gasteiger partial charge in [0.1, 0.15) is 0 Å². The third-order valence-electron chi connectivity index (χ3n) is 12.8. The third kappa shape index (κ3) is 31.6. The molecule has 0 unspecified atom stereocenters. The van der Waals surface area contributed by atoms with Crippen LogP contribution in [-0.2, 0) is 0 Å². The fourth-order valence-electron chi connectivity index (χ4n) is 8.59. The van der Waals surface area contributed by atoms with Crippen molar-refractivity contribution in [3.05, 3.63) is 0 Å². The van der Waals surface area contributed by atoms with Gasteiger partial charge in [0.2, 0.25) is 0 Å². The van der Waals surface area contributed by atoms with Gasteiger partial charge in [0.05, 0.1) is 30.8 Å². The zero-order chi connectivity index (χ0) is 38.8. The van der Waals surface area contributed by atoms with E-state index in [0.717, 1.165) is 25.7 Å². The highest BCUT2D eigenvalue weighted by Gasteiger charge is 2.48. The van der Waals surface area contributed by atoms with Crippen LogP contribution in [0.2, 0.25) is 0 Å². The summed E-state index contributed by atoms with van der Waals surface area (Å²) in [4.78, 5) is 0. The Labute approximate surface area is 333 Å². The molecule has 0 aromatic heterocycles. The SMILES string of the molecule is CCCCCCCCCCCCCCCCCCCCCCC(O)(CCCCCCCCCCCCCCCCCCCCCC)C(CO)(CO)CO. The average Bonchev–Trinajstić information content (AvgIpc) is 3.17. The Bertz CT molecular complexity index is 625. The summed E-state index contributed by atoms with van der Waals surface area (Å²) in [5.74, 6) is 0. The van der Waals surface area contributed by atoms with Crippen LogP contribution in [0.15, 0.2) is 0 Å². The van der Waals surface area contributed by atoms with E-state index in [2.05, 4.69) is 13.8 Å². The van der Waals surface area contributed by atoms with Crippen LogP contribution in [-0.4, -0.2) is 45.8 Å². The van der Waals surface area contributed by atoms with Crippen LogP contribution < -0.4 is 0 Å². The fraction of sp³-hybridized carbons (Fsp3) is 1.00. The molecular formula is C49H100O4. The van der Waals surface area contributed by atoms with Gasteiger partial charge < -0.3 is 20.4 Å². The van der Waals surface area contributed by atoms with Crippen molar-refractivity contribution in [1.82, 2.24) is 0 Å². The van der Waals surface area contributed by atoms with Gasteiger partial charge in [0.15, 0.2) is 0 Å². The van der Waals surface area contributed by atoms with E-state index in [9.17, 15) is 20.4 Å². The molecule has 0 fully saturated rings. The van der Waals surface area contributed by atoms with E-state index in [1.807, 2.05) is 0 Å². The Kier molecular flexibility index (Phi) is 41.3. The summed E-state index contributed by atoms with van der Waals surface area (Å²) < 4.78 is 0. The van der Waals surface area contributed by atoms with Crippen molar-refractivity contribution in [3.8, 4) is 0 Å². The van der Waals surface area contributed by atoms with E-state index in [0.29, 0.717) is 12.8 Å². The number of hydrogen-bond acceptors (Lipinski definition) is 4. The second-order valence-electron chi connectivity index (χ2n) is 17.7. The summed E-state index contributed by atoms with van der Waals surface area (Å²) >= 11 is 0. The molecule has 53 heavy (non-hydrogen) atoms. The molecule has 0 aliphatic heterocycles. The highest BCUT2D eigenvalue weighted by atomic mass is 16.3. The van der Waals surface area contributed by atoms with Crippen LogP contribution in [0.5, 0.6) is 0 Å². The Morgan fingerprint density at radius 3 is 0.547 bits per heavy atom. The van der Waals surface area contributed by atoms with Gasteiger partial charge in [-0.15, -0.1) is 0 Å². The van der Waals surface area contributed by atoms with Crippen molar-refractivity contribution in [2.24, 2.45) is 5.41 Å². The molecule has 0 bridgehead atoms. The topological polar surface area (TPSA) is 80.9 Å². The number of unbranched alkanes of at least 4 members (excludes halogenated alkanes) is 38. The van der Waals surface area contributed by atoms with Gasteiger partial charge >= 0.3 is 0 Å². The Hall–Kier alpha value is -0.160. The Morgan fingerprint density at radius 2 is 0.396 bits per heavy atom. The first kappa shape index (κ1) is 52.8. The molecule has 0 rings (SSSR count). The van der Waals surface area contributed by atoms with Gasteiger partial charge in [-0.2, -0.15) is 0 Å². The lowest BCUT2D eigenvalue weighted by Gasteiger charge is -2.44. The Balaban J connectivity index is 3.85. The molecule has 0 saturated heterocycles. The second kappa shape index (κ2) is 41.5. The molecule has 4 N–H and O–H groups in total. The maximum Gasteiger partial charge on any atom is 0.0770 e. The molecule has 0 aliphatic rings. The lowest BCUT2D eigenvalue weighted by Crippen LogP contribution is -2.55. The number of hydrogen-bond donors (Lipinski definition) is 4. The van der Waals surface area contributed by atoms with Crippen LogP contribution in [0, 0.1) is 5.41 Å². The highest BCUT2D eigenvalue weighted by molar-refractivity contribution is 4.98. The summed E-state index contributed by atoms with van der Waals surface area (Å²) in [7, 11) is 0. The van der Waals surface area contributed by atoms with Gasteiger partial charge in [-0.25, -0.2) is 0 Å². The number of aliphatic hydroxyl groups is 4. The molecule has 0 aromatic carbocycles. The molecule has 0 spiro atoms. The van der Waals surface area contributed by atoms with Crippen LogP contribution in [0.25, 0.3) is 0 Å². The van der Waals surface area contributed by atoms with E-state index in [1.54, 1.807) is 0 Å². The fourth-order valence-corrected chi connectivity index (χ4v) is 8.59. The van der Waals surface area contributed by atoms with Crippen LogP contribution in [0.1, 0.15) is 284 Å². The first-order valence-electron chi connectivity index (χ1n) is 24.6. The molecular weight excluding hydrogens is 653 g/mol. The highest BCUT2D eigenvalue weighted by Crippen LogP contribution is 2.39. The predicted octanol–water partition coefficient (Wildman–Crippen LogP) is 15.1. The van der Waals surface area contributed by atoms with Gasteiger partial charge in [-0.1, -0.05) is 271 Å². The van der Waals surface area contributed by atoms with Gasteiger partial charge in [0.25, 0.3) is 0 Å². The maximum absolute atomic E-state index is 11.7. The van der Waals surface area contributed by atoms with Crippen LogP contribution >= 0.6 is 0 Å². The van der Waals surface area contributed by atoms with E-state index < -0.39 is 11.0 Å². The van der Waals surface area contributed by atoms with Crippen molar-refractivity contribution in [3.63, 3.8) is 0 Å². The van der Waals surface area contributed by atoms with Crippen molar-refractivity contribution < 1.29 is 20.4 Å². The third-order valence-corrected chi connectivity index (χ3v) is 12.8. The van der Waals surface area contributed by atoms with E-state index in [1.165, 1.54) is 231 Å². The molecule has 4 heteroatoms. The average molecular weight is 753 g/mol. The minimum atomic E-state index is -1.23. The first-order valence-corrected chi connectivity index (χ1v) is 24.6. The lowest BCUT2D eigenvalue weighted by molar-refractivity contribution is -0.162. The quantitative estimate of drug-likeness (QED) is 0.0467. The maximum atomic E-state index is 11.7. The van der Waals surface area contributed by atoms with Gasteiger partial charge in [-0.3, -0.25) is 0 Å². The molecule has 0 radical (unpaired) electrons. The van der Waals surface area contributed by atoms with Crippen molar-refractivity contribution in [1.29, 1.82) is 0 Å². The minimum Gasteiger partial charge on any atom is -0.395 e. The van der Waals surface area contributed by atoms with Gasteiger partial charge in [-0.05, 0) is 12.8 Å². The molecule has 0 saturated carbocycles. The molecule has 4 nitrogen and oxygen atoms in total. The van der Waals surface area contributed by atoms with E-state index in [-0.39, 0.29) is 19.8 Å². The largest absolute Gasteiger partial charge is 0.395 e. The zero-order valence-electron chi connectivity index (χ0n) is 36.6. The van der Waals surface area contributed by atoms with Crippen LogP contribution in [0.3, 0.4) is 0 Å². The minimum absolute atomic E-state index is 0.380. The van der Waals surface area contributed by atoms with Crippen molar-refractivity contribution in [2.45, 2.75) is 289 Å². The molecule has 0 aliphatic carbocycles. The van der Waals surface area contributed by atoms with Gasteiger partial charge in [0, 0.05) is 0 Å². The summed E-state index contributed by atoms with van der Waals surface area (Å²) in [5, 5.41) is 42.2. The number of aliphatic hydroxyl groups excluding tert-OH is 3. The normalized spacial score (nSPS) is 12.3. The Morgan fingerprint density at radius 1 is 0.245 bits per heavy atom. The molecule has 0 heterocycles. The molecule has 320 valence electrons. The standard InChI is InChI=1S/C49H100O4/c1-3-5-7-9-11-13-15-17-19-21-23-25-27-29-31-33-35-37-39-41-43-49(53,48(45-50,46-51)47-52)44-42-40-38-36-34-32-30-28-26-24-22-20-18-16-14-12-10-8-6-4-2/h50-53H,3-47H2,1-2H3. The first-order chi connectivity index (χ1) is 26.1. The predicted molar refractivity (Wildman–Crippen MR) is 234 cm³/mol. The number of rotatable bonds is 46. The smallest absolute Gasteiger partial charge is 0.0770 e. The van der Waals surface area contributed by atoms with E-state index in [4.69, 9.17) is 0 Å². The lowest BCUT2D eigenvalue weighted by atomic mass is 9.68.